The van der Waals surface area contributed by atoms with Gasteiger partial charge in [-0.3, -0.25) is 0 Å². The lowest BCUT2D eigenvalue weighted by Crippen LogP contribution is -2.05. The van der Waals surface area contributed by atoms with Crippen molar-refractivity contribution in [3.05, 3.63) is 69.6 Å². The molecule has 0 spiro atoms. The van der Waals surface area contributed by atoms with Gasteiger partial charge in [-0.1, -0.05) is 29.8 Å². The highest BCUT2D eigenvalue weighted by molar-refractivity contribution is 7.17. The first-order valence-electron chi connectivity index (χ1n) is 6.34. The molecule has 3 aromatic rings. The average Bonchev–Trinajstić information content (AvgIpc) is 2.86. The maximum absolute atomic E-state index is 13.8. The fourth-order valence-electron chi connectivity index (χ4n) is 2.30. The maximum Gasteiger partial charge on any atom is 0.142 e. The summed E-state index contributed by atoms with van der Waals surface area (Å²) < 4.78 is 28.4. The fourth-order valence-corrected chi connectivity index (χ4v) is 3.43. The van der Waals surface area contributed by atoms with Crippen LogP contribution in [0.4, 0.5) is 8.78 Å². The van der Waals surface area contributed by atoms with Crippen LogP contribution in [0.25, 0.3) is 10.1 Å². The third-order valence-electron chi connectivity index (χ3n) is 3.37. The zero-order valence-corrected chi connectivity index (χ0v) is 12.4. The summed E-state index contributed by atoms with van der Waals surface area (Å²) in [5, 5.41) is 12.9. The van der Waals surface area contributed by atoms with E-state index in [1.807, 2.05) is 29.6 Å². The van der Waals surface area contributed by atoms with Crippen LogP contribution in [0, 0.1) is 11.6 Å². The van der Waals surface area contributed by atoms with E-state index in [0.29, 0.717) is 0 Å². The van der Waals surface area contributed by atoms with E-state index in [1.165, 1.54) is 0 Å². The number of hydrogen-bond donors (Lipinski definition) is 1. The minimum atomic E-state index is -1.12. The van der Waals surface area contributed by atoms with Crippen molar-refractivity contribution in [2.45, 2.75) is 12.5 Å². The molecule has 0 amide bonds. The van der Waals surface area contributed by atoms with Gasteiger partial charge in [0.25, 0.3) is 0 Å². The normalized spacial score (nSPS) is 12.8. The summed E-state index contributed by atoms with van der Waals surface area (Å²) in [5.41, 5.74) is 0.838. The Morgan fingerprint density at radius 3 is 2.71 bits per heavy atom. The quantitative estimate of drug-likeness (QED) is 0.664. The molecule has 3 rings (SSSR count). The summed E-state index contributed by atoms with van der Waals surface area (Å²) in [7, 11) is 0. The third-order valence-corrected chi connectivity index (χ3v) is 4.67. The highest BCUT2D eigenvalue weighted by Crippen LogP contribution is 2.31. The van der Waals surface area contributed by atoms with Gasteiger partial charge >= 0.3 is 0 Å². The molecule has 0 saturated carbocycles. The molecule has 5 heteroatoms. The highest BCUT2D eigenvalue weighted by Gasteiger charge is 2.18. The van der Waals surface area contributed by atoms with Gasteiger partial charge in [0.2, 0.25) is 0 Å². The van der Waals surface area contributed by atoms with Gasteiger partial charge in [0.1, 0.15) is 11.6 Å². The van der Waals surface area contributed by atoms with Crippen molar-refractivity contribution in [2.75, 3.05) is 0 Å². The number of aliphatic hydroxyl groups is 1. The van der Waals surface area contributed by atoms with Gasteiger partial charge in [0, 0.05) is 16.7 Å². The molecule has 108 valence electrons. The Kier molecular flexibility index (Phi) is 3.93. The molecule has 1 N–H and O–H groups in total. The second kappa shape index (κ2) is 5.72. The van der Waals surface area contributed by atoms with Crippen molar-refractivity contribution < 1.29 is 13.9 Å². The Morgan fingerprint density at radius 2 is 1.90 bits per heavy atom. The van der Waals surface area contributed by atoms with Crippen LogP contribution in [0.3, 0.4) is 0 Å². The zero-order chi connectivity index (χ0) is 15.0. The minimum absolute atomic E-state index is 0.0767. The number of hydrogen-bond acceptors (Lipinski definition) is 2. The van der Waals surface area contributed by atoms with E-state index in [4.69, 9.17) is 11.6 Å². The predicted octanol–water partition coefficient (Wildman–Crippen LogP) is 5.11. The summed E-state index contributed by atoms with van der Waals surface area (Å²) in [6, 6.07) is 9.63. The molecular formula is C16H11ClF2OS. The van der Waals surface area contributed by atoms with Crippen molar-refractivity contribution in [1.29, 1.82) is 0 Å². The number of halogens is 3. The topological polar surface area (TPSA) is 20.2 Å². The minimum Gasteiger partial charge on any atom is -0.388 e. The van der Waals surface area contributed by atoms with Crippen LogP contribution >= 0.6 is 22.9 Å². The standard InChI is InChI=1S/C16H11ClF2OS/c17-12-7-13(18)11(6-14(12)19)15(20)5-9-8-21-16-4-2-1-3-10(9)16/h1-4,6-8,15,20H,5H2. The lowest BCUT2D eigenvalue weighted by molar-refractivity contribution is 0.173. The number of thiophene rings is 1. The molecular weight excluding hydrogens is 314 g/mol. The van der Waals surface area contributed by atoms with Crippen LogP contribution in [-0.2, 0) is 6.42 Å². The van der Waals surface area contributed by atoms with Crippen LogP contribution in [0.15, 0.2) is 41.8 Å². The van der Waals surface area contributed by atoms with E-state index in [9.17, 15) is 13.9 Å². The van der Waals surface area contributed by atoms with E-state index < -0.39 is 17.7 Å². The Balaban J connectivity index is 1.93. The molecule has 1 unspecified atom stereocenters. The van der Waals surface area contributed by atoms with Crippen molar-refractivity contribution in [3.8, 4) is 0 Å². The van der Waals surface area contributed by atoms with Crippen molar-refractivity contribution in [3.63, 3.8) is 0 Å². The van der Waals surface area contributed by atoms with Crippen molar-refractivity contribution in [2.24, 2.45) is 0 Å². The second-order valence-electron chi connectivity index (χ2n) is 4.76. The van der Waals surface area contributed by atoms with Gasteiger partial charge in [-0.25, -0.2) is 8.78 Å². The molecule has 0 fully saturated rings. The summed E-state index contributed by atoms with van der Waals surface area (Å²) >= 11 is 7.08. The average molecular weight is 325 g/mol. The highest BCUT2D eigenvalue weighted by atomic mass is 35.5. The molecule has 0 saturated heterocycles. The molecule has 0 aliphatic heterocycles. The Hall–Kier alpha value is -1.49. The van der Waals surface area contributed by atoms with E-state index >= 15 is 0 Å². The lowest BCUT2D eigenvalue weighted by Gasteiger charge is -2.12. The molecule has 1 aromatic heterocycles. The van der Waals surface area contributed by atoms with E-state index in [1.54, 1.807) is 11.3 Å². The summed E-state index contributed by atoms with van der Waals surface area (Å²) in [5.74, 6) is -1.43. The van der Waals surface area contributed by atoms with Gasteiger partial charge in [0.15, 0.2) is 0 Å². The Labute approximate surface area is 129 Å². The molecule has 2 aromatic carbocycles. The molecule has 1 heterocycles. The predicted molar refractivity (Wildman–Crippen MR) is 81.9 cm³/mol. The van der Waals surface area contributed by atoms with Gasteiger partial charge in [-0.15, -0.1) is 11.3 Å². The van der Waals surface area contributed by atoms with Crippen molar-refractivity contribution in [1.82, 2.24) is 0 Å². The summed E-state index contributed by atoms with van der Waals surface area (Å²) in [6.07, 6.45) is -0.892. The zero-order valence-electron chi connectivity index (χ0n) is 10.8. The first-order valence-corrected chi connectivity index (χ1v) is 7.59. The molecule has 21 heavy (non-hydrogen) atoms. The number of aliphatic hydroxyl groups excluding tert-OH is 1. The van der Waals surface area contributed by atoms with Gasteiger partial charge in [-0.2, -0.15) is 0 Å². The summed E-state index contributed by atoms with van der Waals surface area (Å²) in [4.78, 5) is 0. The monoisotopic (exact) mass is 324 g/mol. The van der Waals surface area contributed by atoms with Crippen LogP contribution in [0.5, 0.6) is 0 Å². The Morgan fingerprint density at radius 1 is 1.14 bits per heavy atom. The smallest absolute Gasteiger partial charge is 0.142 e. The van der Waals surface area contributed by atoms with Crippen LogP contribution in [0.2, 0.25) is 5.02 Å². The van der Waals surface area contributed by atoms with Gasteiger partial charge < -0.3 is 5.11 Å². The first-order chi connectivity index (χ1) is 10.1. The Bertz CT molecular complexity index is 800. The van der Waals surface area contributed by atoms with Crippen LogP contribution in [0.1, 0.15) is 17.2 Å². The number of rotatable bonds is 3. The molecule has 0 aliphatic carbocycles. The lowest BCUT2D eigenvalue weighted by atomic mass is 10.0. The third kappa shape index (κ3) is 2.79. The fraction of sp³-hybridized carbons (Fsp3) is 0.125. The summed E-state index contributed by atoms with van der Waals surface area (Å²) in [6.45, 7) is 0. The van der Waals surface area contributed by atoms with E-state index in [-0.39, 0.29) is 17.0 Å². The van der Waals surface area contributed by atoms with Crippen molar-refractivity contribution >= 4 is 33.0 Å². The second-order valence-corrected chi connectivity index (χ2v) is 6.08. The van der Waals surface area contributed by atoms with Gasteiger partial charge in [0.05, 0.1) is 11.1 Å². The first kappa shape index (κ1) is 14.4. The molecule has 0 radical (unpaired) electrons. The molecule has 0 bridgehead atoms. The van der Waals surface area contributed by atoms with Crippen LogP contribution < -0.4 is 0 Å². The molecule has 0 aliphatic rings. The maximum atomic E-state index is 13.8. The van der Waals surface area contributed by atoms with E-state index in [0.717, 1.165) is 27.8 Å². The SMILES string of the molecule is OC(Cc1csc2ccccc12)c1cc(F)c(Cl)cc1F. The number of benzene rings is 2. The largest absolute Gasteiger partial charge is 0.388 e. The van der Waals surface area contributed by atoms with Gasteiger partial charge in [-0.05, 0) is 34.5 Å². The molecule has 1 atom stereocenters. The van der Waals surface area contributed by atoms with Crippen LogP contribution in [-0.4, -0.2) is 5.11 Å². The number of fused-ring (bicyclic) bond motifs is 1. The van der Waals surface area contributed by atoms with E-state index in [2.05, 4.69) is 0 Å². The molecule has 1 nitrogen and oxygen atoms in total.